The summed E-state index contributed by atoms with van der Waals surface area (Å²) in [6, 6.07) is 5.13. The van der Waals surface area contributed by atoms with Gasteiger partial charge in [0, 0.05) is 12.2 Å². The number of amides is 3. The average Bonchev–Trinajstić information content (AvgIpc) is 3.36. The normalized spacial score (nSPS) is 37.3. The van der Waals surface area contributed by atoms with Gasteiger partial charge < -0.3 is 15.4 Å². The molecule has 0 aromatic heterocycles. The maximum Gasteiger partial charge on any atom is 0.291 e. The quantitative estimate of drug-likeness (QED) is 0.707. The van der Waals surface area contributed by atoms with E-state index in [1.54, 1.807) is 12.1 Å². The summed E-state index contributed by atoms with van der Waals surface area (Å²) in [7, 11) is 0. The number of hydrogen-bond donors (Lipinski definition) is 2. The van der Waals surface area contributed by atoms with Crippen molar-refractivity contribution in [2.45, 2.75) is 37.5 Å². The van der Waals surface area contributed by atoms with Gasteiger partial charge in [0.05, 0.1) is 29.4 Å². The van der Waals surface area contributed by atoms with Crippen molar-refractivity contribution >= 4 is 35.0 Å². The Morgan fingerprint density at radius 3 is 2.89 bits per heavy atom. The third kappa shape index (κ3) is 2.13. The predicted molar refractivity (Wildman–Crippen MR) is 95.8 cm³/mol. The van der Waals surface area contributed by atoms with Gasteiger partial charge >= 0.3 is 0 Å². The number of carbonyl (C=O) groups excluding carboxylic acids is 3. The van der Waals surface area contributed by atoms with Crippen LogP contribution in [0, 0.1) is 11.8 Å². The number of hydrogen-bond acceptors (Lipinski definition) is 4. The monoisotopic (exact) mass is 390 g/mol. The highest BCUT2D eigenvalue weighted by Crippen LogP contribution is 2.50. The lowest BCUT2D eigenvalue weighted by molar-refractivity contribution is -0.730. The molecule has 27 heavy (non-hydrogen) atoms. The Morgan fingerprint density at radius 1 is 1.33 bits per heavy atom. The minimum atomic E-state index is -1.14. The van der Waals surface area contributed by atoms with Crippen molar-refractivity contribution in [1.29, 1.82) is 0 Å². The minimum absolute atomic E-state index is 0.105. The first-order valence-corrected chi connectivity index (χ1v) is 9.76. The van der Waals surface area contributed by atoms with Crippen LogP contribution in [0.4, 0.5) is 5.69 Å². The largest absolute Gasteiger partial charge is 0.376 e. The van der Waals surface area contributed by atoms with Crippen LogP contribution in [0.3, 0.4) is 0 Å². The van der Waals surface area contributed by atoms with E-state index in [1.807, 2.05) is 18.3 Å². The van der Waals surface area contributed by atoms with Gasteiger partial charge in [0.2, 0.25) is 17.4 Å². The Morgan fingerprint density at radius 2 is 2.15 bits per heavy atom. The maximum absolute atomic E-state index is 13.3. The average molecular weight is 391 g/mol. The first kappa shape index (κ1) is 17.2. The summed E-state index contributed by atoms with van der Waals surface area (Å²) in [5, 5.41) is 5.16. The second-order valence-electron chi connectivity index (χ2n) is 7.94. The van der Waals surface area contributed by atoms with Crippen molar-refractivity contribution < 1.29 is 24.4 Å². The molecular formula is C19H21ClN3O4+. The van der Waals surface area contributed by atoms with E-state index in [4.69, 9.17) is 16.3 Å². The van der Waals surface area contributed by atoms with Crippen LogP contribution < -0.4 is 10.6 Å². The summed E-state index contributed by atoms with van der Waals surface area (Å²) in [6.45, 7) is 2.84. The fourth-order valence-corrected chi connectivity index (χ4v) is 5.58. The molecule has 0 aliphatic carbocycles. The Balaban J connectivity index is 1.58. The lowest BCUT2D eigenvalue weighted by Crippen LogP contribution is -2.98. The predicted octanol–water partition coefficient (Wildman–Crippen LogP) is 0.233. The summed E-state index contributed by atoms with van der Waals surface area (Å²) in [4.78, 5) is 40.9. The third-order valence-corrected chi connectivity index (χ3v) is 6.82. The van der Waals surface area contributed by atoms with Crippen LogP contribution in [0.1, 0.15) is 25.3 Å². The molecule has 1 aromatic rings. The molecule has 7 nitrogen and oxygen atoms in total. The van der Waals surface area contributed by atoms with E-state index in [2.05, 4.69) is 5.32 Å². The molecule has 5 rings (SSSR count). The van der Waals surface area contributed by atoms with E-state index in [0.29, 0.717) is 22.9 Å². The number of nitrogens with one attached hydrogen (secondary N) is 1. The van der Waals surface area contributed by atoms with E-state index >= 15 is 0 Å². The van der Waals surface area contributed by atoms with Crippen molar-refractivity contribution in [1.82, 2.24) is 4.90 Å². The number of nitrogens with zero attached hydrogens (tertiary/aromatic N) is 1. The van der Waals surface area contributed by atoms with Gasteiger partial charge in [0.15, 0.2) is 0 Å². The van der Waals surface area contributed by atoms with Gasteiger partial charge in [-0.05, 0) is 31.9 Å². The van der Waals surface area contributed by atoms with Crippen molar-refractivity contribution in [3.63, 3.8) is 0 Å². The number of likely N-dealkylation sites (tertiary alicyclic amines) is 1. The van der Waals surface area contributed by atoms with Crippen LogP contribution in [-0.2, 0) is 24.7 Å². The molecule has 3 amide bonds. The maximum atomic E-state index is 13.3. The van der Waals surface area contributed by atoms with E-state index in [9.17, 15) is 14.4 Å². The van der Waals surface area contributed by atoms with Gasteiger partial charge in [-0.3, -0.25) is 19.3 Å². The van der Waals surface area contributed by atoms with Crippen molar-refractivity contribution in [3.05, 3.63) is 28.8 Å². The first-order chi connectivity index (χ1) is 12.9. The van der Waals surface area contributed by atoms with Crippen LogP contribution in [0.2, 0.25) is 5.02 Å². The number of imide groups is 1. The summed E-state index contributed by atoms with van der Waals surface area (Å²) in [5.74, 6) is -1.98. The zero-order chi connectivity index (χ0) is 18.9. The fraction of sp³-hybridized carbons (Fsp3) is 0.526. The van der Waals surface area contributed by atoms with Gasteiger partial charge in [-0.15, -0.1) is 0 Å². The number of anilines is 1. The van der Waals surface area contributed by atoms with Crippen molar-refractivity contribution in [3.8, 4) is 0 Å². The number of quaternary nitrogens is 1. The van der Waals surface area contributed by atoms with Gasteiger partial charge in [0.1, 0.15) is 11.8 Å². The Labute approximate surface area is 161 Å². The second-order valence-corrected chi connectivity index (χ2v) is 8.34. The zero-order valence-electron chi connectivity index (χ0n) is 14.9. The standard InChI is InChI=1S/C19H20ClN3O4/c1-9-13-14(17(25)23(16(13)24)8-10-4-3-7-27-10)19(22-9)11-5-2-6-12(20)15(11)21-18(19)26/h2,5-6,9-10,13-14,22H,3-4,7-8H2,1H3,(H,21,26)/p+1/t9-,10-,13-,14+,19+/m0/s1. The second kappa shape index (κ2) is 5.77. The molecule has 4 heterocycles. The molecule has 3 saturated heterocycles. The Kier molecular flexibility index (Phi) is 3.67. The minimum Gasteiger partial charge on any atom is -0.376 e. The first-order valence-electron chi connectivity index (χ1n) is 9.38. The van der Waals surface area contributed by atoms with Gasteiger partial charge in [-0.1, -0.05) is 17.7 Å². The molecule has 5 atom stereocenters. The molecule has 8 heteroatoms. The molecule has 3 N–H and O–H groups in total. The molecule has 0 unspecified atom stereocenters. The molecule has 4 aliphatic rings. The van der Waals surface area contributed by atoms with Gasteiger partial charge in [-0.2, -0.15) is 0 Å². The number of ether oxygens (including phenoxy) is 1. The van der Waals surface area contributed by atoms with E-state index in [1.165, 1.54) is 4.90 Å². The number of nitrogens with two attached hydrogens (primary N) is 1. The number of rotatable bonds is 2. The lowest BCUT2D eigenvalue weighted by atomic mass is 9.76. The highest BCUT2D eigenvalue weighted by Gasteiger charge is 2.73. The lowest BCUT2D eigenvalue weighted by Gasteiger charge is -2.26. The molecule has 142 valence electrons. The number of carbonyl (C=O) groups is 3. The molecule has 1 aromatic carbocycles. The molecule has 3 fully saturated rings. The van der Waals surface area contributed by atoms with Gasteiger partial charge in [-0.25, -0.2) is 0 Å². The zero-order valence-corrected chi connectivity index (χ0v) is 15.7. The summed E-state index contributed by atoms with van der Waals surface area (Å²) in [5.41, 5.74) is 0.105. The van der Waals surface area contributed by atoms with E-state index < -0.39 is 17.4 Å². The third-order valence-electron chi connectivity index (χ3n) is 6.51. The molecule has 1 spiro atoms. The number of halogens is 1. The van der Waals surface area contributed by atoms with Crippen LogP contribution in [0.15, 0.2) is 18.2 Å². The molecule has 4 aliphatic heterocycles. The molecule has 0 radical (unpaired) electrons. The number of benzene rings is 1. The summed E-state index contributed by atoms with van der Waals surface area (Å²) < 4.78 is 5.62. The molecular weight excluding hydrogens is 370 g/mol. The SMILES string of the molecule is C[C@@H]1[NH2+][C@@]2(C(=O)Nc3c(Cl)cccc32)[C@H]2C(=O)N(C[C@@H]3CCCO3)C(=O)[C@@H]12. The number of fused-ring (bicyclic) bond motifs is 4. The number of para-hydroxylation sites is 1. The van der Waals surface area contributed by atoms with Crippen molar-refractivity contribution in [2.24, 2.45) is 11.8 Å². The molecule has 0 saturated carbocycles. The Hall–Kier alpha value is -1.96. The summed E-state index contributed by atoms with van der Waals surface area (Å²) >= 11 is 6.28. The van der Waals surface area contributed by atoms with E-state index in [0.717, 1.165) is 12.8 Å². The molecule has 0 bridgehead atoms. The Bertz CT molecular complexity index is 869. The highest BCUT2D eigenvalue weighted by atomic mass is 35.5. The van der Waals surface area contributed by atoms with Crippen LogP contribution in [-0.4, -0.2) is 47.9 Å². The van der Waals surface area contributed by atoms with E-state index in [-0.39, 0.29) is 36.4 Å². The van der Waals surface area contributed by atoms with Crippen LogP contribution in [0.25, 0.3) is 0 Å². The fourth-order valence-electron chi connectivity index (χ4n) is 5.36. The topological polar surface area (TPSA) is 92.3 Å². The van der Waals surface area contributed by atoms with Crippen LogP contribution in [0.5, 0.6) is 0 Å². The highest BCUT2D eigenvalue weighted by molar-refractivity contribution is 6.35. The smallest absolute Gasteiger partial charge is 0.291 e. The van der Waals surface area contributed by atoms with Gasteiger partial charge in [0.25, 0.3) is 5.91 Å². The van der Waals surface area contributed by atoms with Crippen LogP contribution >= 0.6 is 11.6 Å². The van der Waals surface area contributed by atoms with Crippen molar-refractivity contribution in [2.75, 3.05) is 18.5 Å². The summed E-state index contributed by atoms with van der Waals surface area (Å²) in [6.07, 6.45) is 1.68.